The molecule has 0 saturated heterocycles. The number of benzene rings is 1. The summed E-state index contributed by atoms with van der Waals surface area (Å²) >= 11 is 3.43. The Bertz CT molecular complexity index is 588. The maximum Gasteiger partial charge on any atom is 0.162 e. The fourth-order valence-electron chi connectivity index (χ4n) is 1.67. The van der Waals surface area contributed by atoms with Gasteiger partial charge in [-0.2, -0.15) is 0 Å². The third-order valence-electron chi connectivity index (χ3n) is 2.70. The Morgan fingerprint density at radius 1 is 1.11 bits per heavy atom. The van der Waals surface area contributed by atoms with E-state index in [1.807, 2.05) is 31.2 Å². The Kier molecular flexibility index (Phi) is 4.27. The number of hydrogen-bond acceptors (Lipinski definition) is 4. The van der Waals surface area contributed by atoms with Gasteiger partial charge in [0.25, 0.3) is 0 Å². The molecule has 2 aromatic rings. The topological polar surface area (TPSA) is 43.4 Å². The van der Waals surface area contributed by atoms with E-state index in [2.05, 4.69) is 26.2 Å². The van der Waals surface area contributed by atoms with Crippen LogP contribution in [0.25, 0.3) is 0 Å². The van der Waals surface area contributed by atoms with Gasteiger partial charge in [0.15, 0.2) is 11.5 Å². The van der Waals surface area contributed by atoms with E-state index in [0.29, 0.717) is 11.5 Å². The summed E-state index contributed by atoms with van der Waals surface area (Å²) < 4.78 is 11.5. The molecule has 0 amide bonds. The second-order valence-corrected chi connectivity index (χ2v) is 4.87. The fraction of sp³-hybridized carbons (Fsp3) is 0.214. The maximum atomic E-state index is 5.26. The molecule has 1 heterocycles. The minimum absolute atomic E-state index is 0.682. The summed E-state index contributed by atoms with van der Waals surface area (Å²) in [6.45, 7) is 2.02. The smallest absolute Gasteiger partial charge is 0.162 e. The van der Waals surface area contributed by atoms with Gasteiger partial charge in [-0.15, -0.1) is 0 Å². The van der Waals surface area contributed by atoms with Gasteiger partial charge < -0.3 is 14.8 Å². The van der Waals surface area contributed by atoms with Crippen LogP contribution in [0.3, 0.4) is 0 Å². The van der Waals surface area contributed by atoms with Crippen molar-refractivity contribution in [1.29, 1.82) is 0 Å². The van der Waals surface area contributed by atoms with Crippen LogP contribution in [0.2, 0.25) is 0 Å². The fourth-order valence-corrected chi connectivity index (χ4v) is 1.89. The molecule has 0 aliphatic carbocycles. The van der Waals surface area contributed by atoms with Crippen molar-refractivity contribution < 1.29 is 9.47 Å². The molecule has 0 atom stereocenters. The Morgan fingerprint density at radius 2 is 1.84 bits per heavy atom. The van der Waals surface area contributed by atoms with Gasteiger partial charge in [-0.1, -0.05) is 0 Å². The van der Waals surface area contributed by atoms with Gasteiger partial charge in [0, 0.05) is 22.4 Å². The van der Waals surface area contributed by atoms with Crippen molar-refractivity contribution >= 4 is 27.4 Å². The van der Waals surface area contributed by atoms with Crippen molar-refractivity contribution in [2.75, 3.05) is 19.5 Å². The lowest BCUT2D eigenvalue weighted by Crippen LogP contribution is -1.96. The Hall–Kier alpha value is -1.75. The lowest BCUT2D eigenvalue weighted by molar-refractivity contribution is 0.355. The number of methoxy groups -OCH3 is 2. The molecule has 0 spiro atoms. The van der Waals surface area contributed by atoms with Crippen LogP contribution in [0.5, 0.6) is 11.5 Å². The summed E-state index contributed by atoms with van der Waals surface area (Å²) in [4.78, 5) is 4.30. The average Bonchev–Trinajstić information content (AvgIpc) is 2.43. The SMILES string of the molecule is COc1ccc(Nc2cc(C)c(Br)cn2)cc1OC. The van der Waals surface area contributed by atoms with Crippen molar-refractivity contribution in [2.45, 2.75) is 6.92 Å². The first-order valence-corrected chi connectivity index (χ1v) is 6.54. The van der Waals surface area contributed by atoms with Crippen LogP contribution in [0.4, 0.5) is 11.5 Å². The van der Waals surface area contributed by atoms with E-state index >= 15 is 0 Å². The molecule has 0 unspecified atom stereocenters. The summed E-state index contributed by atoms with van der Waals surface area (Å²) in [7, 11) is 3.23. The molecular weight excluding hydrogens is 308 g/mol. The molecular formula is C14H15BrN2O2. The predicted octanol–water partition coefficient (Wildman–Crippen LogP) is 3.91. The highest BCUT2D eigenvalue weighted by molar-refractivity contribution is 9.10. The van der Waals surface area contributed by atoms with Crippen LogP contribution < -0.4 is 14.8 Å². The number of nitrogens with zero attached hydrogens (tertiary/aromatic N) is 1. The first-order chi connectivity index (χ1) is 9.13. The Morgan fingerprint density at radius 3 is 2.47 bits per heavy atom. The zero-order chi connectivity index (χ0) is 13.8. The van der Waals surface area contributed by atoms with Crippen molar-refractivity contribution in [3.05, 3.63) is 40.5 Å². The first-order valence-electron chi connectivity index (χ1n) is 5.75. The zero-order valence-electron chi connectivity index (χ0n) is 11.0. The molecule has 2 rings (SSSR count). The molecule has 5 heteroatoms. The van der Waals surface area contributed by atoms with E-state index in [9.17, 15) is 0 Å². The van der Waals surface area contributed by atoms with Gasteiger partial charge in [-0.25, -0.2) is 4.98 Å². The summed E-state index contributed by atoms with van der Waals surface area (Å²) in [6.07, 6.45) is 1.78. The summed E-state index contributed by atoms with van der Waals surface area (Å²) in [6, 6.07) is 7.62. The van der Waals surface area contributed by atoms with Crippen molar-refractivity contribution in [3.63, 3.8) is 0 Å². The van der Waals surface area contributed by atoms with E-state index < -0.39 is 0 Å². The molecule has 19 heavy (non-hydrogen) atoms. The highest BCUT2D eigenvalue weighted by atomic mass is 79.9. The molecule has 1 aromatic carbocycles. The molecule has 0 bridgehead atoms. The molecule has 0 saturated carbocycles. The van der Waals surface area contributed by atoms with Crippen LogP contribution in [-0.2, 0) is 0 Å². The minimum atomic E-state index is 0.682. The average molecular weight is 323 g/mol. The normalized spacial score (nSPS) is 10.1. The molecule has 0 aliphatic rings. The number of hydrogen-bond donors (Lipinski definition) is 1. The van der Waals surface area contributed by atoms with Crippen molar-refractivity contribution in [1.82, 2.24) is 4.98 Å². The number of nitrogens with one attached hydrogen (secondary N) is 1. The van der Waals surface area contributed by atoms with Crippen molar-refractivity contribution in [3.8, 4) is 11.5 Å². The standard InChI is InChI=1S/C14H15BrN2O2/c1-9-6-14(16-8-11(9)15)17-10-4-5-12(18-2)13(7-10)19-3/h4-8H,1-3H3,(H,16,17). The maximum absolute atomic E-state index is 5.26. The largest absolute Gasteiger partial charge is 0.493 e. The second-order valence-electron chi connectivity index (χ2n) is 4.01. The second kappa shape index (κ2) is 5.93. The third kappa shape index (κ3) is 3.17. The monoisotopic (exact) mass is 322 g/mol. The third-order valence-corrected chi connectivity index (χ3v) is 3.53. The zero-order valence-corrected chi connectivity index (χ0v) is 12.6. The van der Waals surface area contributed by atoms with Gasteiger partial charge in [-0.3, -0.25) is 0 Å². The highest BCUT2D eigenvalue weighted by Gasteiger charge is 2.05. The van der Waals surface area contributed by atoms with Crippen LogP contribution in [0, 0.1) is 6.92 Å². The van der Waals surface area contributed by atoms with Gasteiger partial charge in [0.2, 0.25) is 0 Å². The van der Waals surface area contributed by atoms with E-state index in [0.717, 1.165) is 21.5 Å². The minimum Gasteiger partial charge on any atom is -0.493 e. The van der Waals surface area contributed by atoms with Crippen LogP contribution >= 0.6 is 15.9 Å². The number of rotatable bonds is 4. The molecule has 0 aliphatic heterocycles. The van der Waals surface area contributed by atoms with E-state index in [-0.39, 0.29) is 0 Å². The van der Waals surface area contributed by atoms with Gasteiger partial charge in [0.05, 0.1) is 14.2 Å². The quantitative estimate of drug-likeness (QED) is 0.926. The van der Waals surface area contributed by atoms with Crippen molar-refractivity contribution in [2.24, 2.45) is 0 Å². The molecule has 0 radical (unpaired) electrons. The summed E-state index contributed by atoms with van der Waals surface area (Å²) in [5, 5.41) is 3.23. The van der Waals surface area contributed by atoms with Crippen LogP contribution in [0.1, 0.15) is 5.56 Å². The van der Waals surface area contributed by atoms with Gasteiger partial charge in [0.1, 0.15) is 5.82 Å². The summed E-state index contributed by atoms with van der Waals surface area (Å²) in [5.41, 5.74) is 2.02. The number of anilines is 2. The number of ether oxygens (including phenoxy) is 2. The first kappa shape index (κ1) is 13.7. The Labute approximate surface area is 120 Å². The Balaban J connectivity index is 2.25. The highest BCUT2D eigenvalue weighted by Crippen LogP contribution is 2.31. The predicted molar refractivity (Wildman–Crippen MR) is 79.5 cm³/mol. The molecule has 0 fully saturated rings. The van der Waals surface area contributed by atoms with Crippen LogP contribution in [0.15, 0.2) is 34.9 Å². The molecule has 100 valence electrons. The number of aromatic nitrogens is 1. The van der Waals surface area contributed by atoms with E-state index in [1.54, 1.807) is 20.4 Å². The number of aryl methyl sites for hydroxylation is 1. The molecule has 4 nitrogen and oxygen atoms in total. The summed E-state index contributed by atoms with van der Waals surface area (Å²) in [5.74, 6) is 2.17. The van der Waals surface area contributed by atoms with Gasteiger partial charge >= 0.3 is 0 Å². The van der Waals surface area contributed by atoms with E-state index in [1.165, 1.54) is 0 Å². The molecule has 1 N–H and O–H groups in total. The van der Waals surface area contributed by atoms with E-state index in [4.69, 9.17) is 9.47 Å². The molecule has 1 aromatic heterocycles. The number of halogens is 1. The van der Waals surface area contributed by atoms with Crippen LogP contribution in [-0.4, -0.2) is 19.2 Å². The van der Waals surface area contributed by atoms with Gasteiger partial charge in [-0.05, 0) is 46.6 Å². The lowest BCUT2D eigenvalue weighted by atomic mass is 10.2. The lowest BCUT2D eigenvalue weighted by Gasteiger charge is -2.11. The number of pyridine rings is 1.